The Labute approximate surface area is 114 Å². The first-order valence-electron chi connectivity index (χ1n) is 6.68. The normalized spacial score (nSPS) is 24.5. The second-order valence-corrected chi connectivity index (χ2v) is 4.68. The van der Waals surface area contributed by atoms with Gasteiger partial charge in [0.05, 0.1) is 5.76 Å². The summed E-state index contributed by atoms with van der Waals surface area (Å²) in [6.07, 6.45) is 7.44. The van der Waals surface area contributed by atoms with E-state index in [2.05, 4.69) is 0 Å². The second-order valence-electron chi connectivity index (χ2n) is 4.68. The molecule has 0 radical (unpaired) electrons. The first-order chi connectivity index (χ1) is 9.13. The molecule has 4 nitrogen and oxygen atoms in total. The van der Waals surface area contributed by atoms with Crippen molar-refractivity contribution in [1.82, 2.24) is 0 Å². The van der Waals surface area contributed by atoms with E-state index in [0.717, 1.165) is 31.4 Å². The number of hydrogen-bond acceptors (Lipinski definition) is 4. The van der Waals surface area contributed by atoms with Crippen molar-refractivity contribution >= 4 is 11.6 Å². The molecule has 0 amide bonds. The van der Waals surface area contributed by atoms with Crippen molar-refractivity contribution in [3.63, 3.8) is 0 Å². The van der Waals surface area contributed by atoms with E-state index in [9.17, 15) is 9.59 Å². The number of carbonyl (C=O) groups excluding carboxylic acids is 2. The number of ketones is 2. The van der Waals surface area contributed by atoms with E-state index < -0.39 is 0 Å². The van der Waals surface area contributed by atoms with Gasteiger partial charge < -0.3 is 9.47 Å². The molecule has 0 saturated carbocycles. The standard InChI is InChI=1S/C15H22O4/c1-12-10-13(16)6-5-8-14(19-11-18-2)7-3-4-9-15(12)17/h7,10H,3-6,8-9,11H2,1-2H3/b12-10-,14-7+. The Morgan fingerprint density at radius 2 is 1.95 bits per heavy atom. The van der Waals surface area contributed by atoms with Crippen LogP contribution < -0.4 is 0 Å². The van der Waals surface area contributed by atoms with Gasteiger partial charge in [-0.15, -0.1) is 0 Å². The molecule has 1 aliphatic rings. The molecule has 0 aromatic rings. The third-order valence-corrected chi connectivity index (χ3v) is 3.01. The third kappa shape index (κ3) is 6.34. The number of allylic oxidation sites excluding steroid dienone is 4. The molecule has 0 aromatic heterocycles. The minimum atomic E-state index is 0.0116. The predicted molar refractivity (Wildman–Crippen MR) is 72.5 cm³/mol. The van der Waals surface area contributed by atoms with Crippen molar-refractivity contribution < 1.29 is 19.1 Å². The molecule has 0 aliphatic heterocycles. The predicted octanol–water partition coefficient (Wildman–Crippen LogP) is 2.93. The topological polar surface area (TPSA) is 52.6 Å². The summed E-state index contributed by atoms with van der Waals surface area (Å²) >= 11 is 0. The van der Waals surface area contributed by atoms with Crippen LogP contribution in [0.15, 0.2) is 23.5 Å². The van der Waals surface area contributed by atoms with E-state index in [1.165, 1.54) is 6.08 Å². The quantitative estimate of drug-likeness (QED) is 0.737. The zero-order valence-electron chi connectivity index (χ0n) is 11.7. The molecular weight excluding hydrogens is 244 g/mol. The number of Topliss-reactive ketones (excluding diaryl/α,β-unsaturated/α-hetero) is 1. The maximum absolute atomic E-state index is 11.7. The van der Waals surface area contributed by atoms with Crippen LogP contribution in [-0.4, -0.2) is 25.5 Å². The molecule has 1 aliphatic carbocycles. The van der Waals surface area contributed by atoms with Crippen LogP contribution >= 0.6 is 0 Å². The number of hydrogen-bond donors (Lipinski definition) is 0. The molecule has 0 aromatic carbocycles. The van der Waals surface area contributed by atoms with Crippen LogP contribution in [-0.2, 0) is 19.1 Å². The summed E-state index contributed by atoms with van der Waals surface area (Å²) < 4.78 is 10.3. The average Bonchev–Trinajstić information content (AvgIpc) is 2.38. The summed E-state index contributed by atoms with van der Waals surface area (Å²) in [5.41, 5.74) is 0.574. The Morgan fingerprint density at radius 3 is 2.68 bits per heavy atom. The van der Waals surface area contributed by atoms with Crippen LogP contribution in [0.3, 0.4) is 0 Å². The molecule has 19 heavy (non-hydrogen) atoms. The van der Waals surface area contributed by atoms with Gasteiger partial charge in [0.2, 0.25) is 0 Å². The number of ether oxygens (including phenoxy) is 2. The van der Waals surface area contributed by atoms with E-state index in [0.29, 0.717) is 18.4 Å². The molecule has 0 heterocycles. The Hall–Kier alpha value is -1.42. The van der Waals surface area contributed by atoms with Crippen molar-refractivity contribution in [2.75, 3.05) is 13.9 Å². The summed E-state index contributed by atoms with van der Waals surface area (Å²) in [5, 5.41) is 0. The molecule has 0 spiro atoms. The summed E-state index contributed by atoms with van der Waals surface area (Å²) in [6.45, 7) is 1.94. The molecular formula is C15H22O4. The number of rotatable bonds is 3. The highest BCUT2D eigenvalue weighted by molar-refractivity contribution is 6.02. The SMILES string of the molecule is COCO/C1=C/CCCC(=O)/C(C)=C\C(=O)CCC1. The molecule has 0 bridgehead atoms. The van der Waals surface area contributed by atoms with E-state index in [1.54, 1.807) is 14.0 Å². The molecule has 0 N–H and O–H groups in total. The van der Waals surface area contributed by atoms with Gasteiger partial charge in [-0.1, -0.05) is 0 Å². The van der Waals surface area contributed by atoms with Gasteiger partial charge in [0.1, 0.15) is 0 Å². The third-order valence-electron chi connectivity index (χ3n) is 3.01. The molecule has 106 valence electrons. The molecule has 4 heteroatoms. The Balaban J connectivity index is 2.64. The Bertz CT molecular complexity index is 380. The van der Waals surface area contributed by atoms with E-state index in [4.69, 9.17) is 9.47 Å². The lowest BCUT2D eigenvalue weighted by Gasteiger charge is -2.10. The van der Waals surface area contributed by atoms with Crippen LogP contribution in [0.25, 0.3) is 0 Å². The molecule has 0 fully saturated rings. The van der Waals surface area contributed by atoms with E-state index in [-0.39, 0.29) is 18.4 Å². The fourth-order valence-corrected chi connectivity index (χ4v) is 1.92. The fraction of sp³-hybridized carbons (Fsp3) is 0.600. The van der Waals surface area contributed by atoms with Gasteiger partial charge in [-0.3, -0.25) is 9.59 Å². The minimum absolute atomic E-state index is 0.0116. The molecule has 0 unspecified atom stereocenters. The second kappa shape index (κ2) is 8.64. The van der Waals surface area contributed by atoms with Gasteiger partial charge in [-0.2, -0.15) is 0 Å². The molecule has 0 atom stereocenters. The summed E-state index contributed by atoms with van der Waals surface area (Å²) in [6, 6.07) is 0. The van der Waals surface area contributed by atoms with Gasteiger partial charge in [0.15, 0.2) is 18.4 Å². The zero-order chi connectivity index (χ0) is 14.1. The molecule has 0 saturated heterocycles. The van der Waals surface area contributed by atoms with Crippen molar-refractivity contribution in [1.29, 1.82) is 0 Å². The van der Waals surface area contributed by atoms with Gasteiger partial charge >= 0.3 is 0 Å². The first kappa shape index (κ1) is 15.6. The van der Waals surface area contributed by atoms with Crippen molar-refractivity contribution in [3.05, 3.63) is 23.5 Å². The van der Waals surface area contributed by atoms with Crippen LogP contribution in [0.5, 0.6) is 0 Å². The van der Waals surface area contributed by atoms with Crippen LogP contribution in [0.1, 0.15) is 45.4 Å². The lowest BCUT2D eigenvalue weighted by Crippen LogP contribution is -2.05. The maximum Gasteiger partial charge on any atom is 0.188 e. The van der Waals surface area contributed by atoms with Crippen molar-refractivity contribution in [2.24, 2.45) is 0 Å². The first-order valence-corrected chi connectivity index (χ1v) is 6.68. The van der Waals surface area contributed by atoms with Crippen molar-refractivity contribution in [2.45, 2.75) is 45.4 Å². The highest BCUT2D eigenvalue weighted by atomic mass is 16.7. The highest BCUT2D eigenvalue weighted by Gasteiger charge is 2.09. The van der Waals surface area contributed by atoms with Crippen LogP contribution in [0.4, 0.5) is 0 Å². The van der Waals surface area contributed by atoms with Crippen molar-refractivity contribution in [3.8, 4) is 0 Å². The van der Waals surface area contributed by atoms with Gasteiger partial charge in [-0.25, -0.2) is 0 Å². The lowest BCUT2D eigenvalue weighted by atomic mass is 10.0. The highest BCUT2D eigenvalue weighted by Crippen LogP contribution is 2.15. The Morgan fingerprint density at radius 1 is 1.16 bits per heavy atom. The smallest absolute Gasteiger partial charge is 0.188 e. The van der Waals surface area contributed by atoms with Crippen LogP contribution in [0.2, 0.25) is 0 Å². The van der Waals surface area contributed by atoms with Crippen LogP contribution in [0, 0.1) is 0 Å². The summed E-state index contributed by atoms with van der Waals surface area (Å²) in [4.78, 5) is 23.4. The maximum atomic E-state index is 11.7. The summed E-state index contributed by atoms with van der Waals surface area (Å²) in [7, 11) is 1.58. The lowest BCUT2D eigenvalue weighted by molar-refractivity contribution is -0.117. The number of methoxy groups -OCH3 is 1. The van der Waals surface area contributed by atoms with Gasteiger partial charge in [0.25, 0.3) is 0 Å². The summed E-state index contributed by atoms with van der Waals surface area (Å²) in [5.74, 6) is 0.919. The van der Waals surface area contributed by atoms with Gasteiger partial charge in [0, 0.05) is 26.4 Å². The average molecular weight is 266 g/mol. The van der Waals surface area contributed by atoms with Gasteiger partial charge in [-0.05, 0) is 43.9 Å². The van der Waals surface area contributed by atoms with E-state index in [1.807, 2.05) is 6.08 Å². The zero-order valence-corrected chi connectivity index (χ0v) is 11.7. The fourth-order valence-electron chi connectivity index (χ4n) is 1.92. The molecule has 1 rings (SSSR count). The monoisotopic (exact) mass is 266 g/mol. The number of carbonyl (C=O) groups is 2. The minimum Gasteiger partial charge on any atom is -0.472 e. The Kier molecular flexibility index (Phi) is 7.11. The largest absolute Gasteiger partial charge is 0.472 e. The van der Waals surface area contributed by atoms with E-state index >= 15 is 0 Å².